The first-order valence-electron chi connectivity index (χ1n) is 4.52. The molecular formula is C9H9Cl2N5. The molecule has 0 aliphatic heterocycles. The minimum absolute atomic E-state index is 0.467. The maximum Gasteiger partial charge on any atom is 0.145 e. The highest BCUT2D eigenvalue weighted by atomic mass is 35.5. The van der Waals surface area contributed by atoms with Gasteiger partial charge >= 0.3 is 0 Å². The third-order valence-electron chi connectivity index (χ3n) is 2.12. The van der Waals surface area contributed by atoms with Crippen molar-refractivity contribution in [2.75, 3.05) is 12.4 Å². The van der Waals surface area contributed by atoms with Crippen LogP contribution in [-0.4, -0.2) is 27.0 Å². The van der Waals surface area contributed by atoms with Gasteiger partial charge in [-0.1, -0.05) is 28.4 Å². The van der Waals surface area contributed by atoms with Crippen molar-refractivity contribution >= 4 is 29.0 Å². The third kappa shape index (κ3) is 1.83. The lowest BCUT2D eigenvalue weighted by molar-refractivity contribution is 0.719. The normalized spacial score (nSPS) is 10.5. The molecule has 2 aromatic heterocycles. The lowest BCUT2D eigenvalue weighted by Crippen LogP contribution is -2.00. The molecule has 0 saturated carbocycles. The van der Waals surface area contributed by atoms with Gasteiger partial charge in [0.05, 0.1) is 16.2 Å². The molecule has 7 heteroatoms. The molecule has 0 amide bonds. The summed E-state index contributed by atoms with van der Waals surface area (Å²) in [6, 6.07) is 1.64. The van der Waals surface area contributed by atoms with Gasteiger partial charge in [-0.3, -0.25) is 0 Å². The van der Waals surface area contributed by atoms with Crippen LogP contribution in [0.15, 0.2) is 12.3 Å². The zero-order valence-electron chi connectivity index (χ0n) is 8.70. The maximum absolute atomic E-state index is 6.08. The van der Waals surface area contributed by atoms with Crippen LogP contribution in [0.25, 0.3) is 11.4 Å². The van der Waals surface area contributed by atoms with Gasteiger partial charge in [0.2, 0.25) is 0 Å². The number of pyridine rings is 1. The van der Waals surface area contributed by atoms with E-state index in [4.69, 9.17) is 23.2 Å². The molecule has 0 atom stereocenters. The first kappa shape index (κ1) is 11.2. The highest BCUT2D eigenvalue weighted by Crippen LogP contribution is 2.31. The fraction of sp³-hybridized carbons (Fsp3) is 0.222. The second-order valence-electron chi connectivity index (χ2n) is 3.14. The van der Waals surface area contributed by atoms with Gasteiger partial charge < -0.3 is 5.32 Å². The lowest BCUT2D eigenvalue weighted by Gasteiger charge is -2.07. The second kappa shape index (κ2) is 4.27. The van der Waals surface area contributed by atoms with Crippen molar-refractivity contribution in [1.29, 1.82) is 0 Å². The van der Waals surface area contributed by atoms with Crippen LogP contribution < -0.4 is 5.32 Å². The van der Waals surface area contributed by atoms with Gasteiger partial charge in [-0.25, -0.2) is 9.67 Å². The zero-order valence-corrected chi connectivity index (χ0v) is 10.2. The summed E-state index contributed by atoms with van der Waals surface area (Å²) in [6.45, 7) is 0. The third-order valence-corrected chi connectivity index (χ3v) is 2.70. The number of nitrogens with zero attached hydrogens (tertiary/aromatic N) is 4. The number of rotatable bonds is 2. The standard InChI is InChI=1S/C9H9Cl2N5/c1-12-9-6(11)3-5(10)8(14-9)7-4-13-15-16(7)2/h3-4H,1-2H3,(H,12,14). The monoisotopic (exact) mass is 257 g/mol. The predicted octanol–water partition coefficient (Wildman–Crippen LogP) is 2.23. The molecule has 0 aromatic carbocycles. The largest absolute Gasteiger partial charge is 0.372 e. The van der Waals surface area contributed by atoms with E-state index >= 15 is 0 Å². The summed E-state index contributed by atoms with van der Waals surface area (Å²) in [6.07, 6.45) is 1.60. The molecule has 0 aliphatic rings. The Morgan fingerprint density at radius 3 is 2.62 bits per heavy atom. The van der Waals surface area contributed by atoms with Gasteiger partial charge in [0.15, 0.2) is 0 Å². The topological polar surface area (TPSA) is 55.6 Å². The van der Waals surface area contributed by atoms with Gasteiger partial charge in [-0.05, 0) is 6.07 Å². The fourth-order valence-corrected chi connectivity index (χ4v) is 1.88. The Hall–Kier alpha value is -1.33. The number of aryl methyl sites for hydroxylation is 1. The second-order valence-corrected chi connectivity index (χ2v) is 3.96. The van der Waals surface area contributed by atoms with Crippen LogP contribution in [-0.2, 0) is 7.05 Å². The van der Waals surface area contributed by atoms with Crippen LogP contribution in [0.3, 0.4) is 0 Å². The van der Waals surface area contributed by atoms with E-state index in [2.05, 4.69) is 20.6 Å². The van der Waals surface area contributed by atoms with E-state index in [0.717, 1.165) is 5.69 Å². The fourth-order valence-electron chi connectivity index (χ4n) is 1.33. The molecule has 84 valence electrons. The number of aromatic nitrogens is 4. The first-order chi connectivity index (χ1) is 7.63. The van der Waals surface area contributed by atoms with Gasteiger partial charge in [0.25, 0.3) is 0 Å². The zero-order chi connectivity index (χ0) is 11.7. The molecule has 0 saturated heterocycles. The number of anilines is 1. The van der Waals surface area contributed by atoms with Crippen molar-refractivity contribution in [2.45, 2.75) is 0 Å². The van der Waals surface area contributed by atoms with Crippen LogP contribution in [0, 0.1) is 0 Å². The molecule has 0 radical (unpaired) electrons. The summed E-state index contributed by atoms with van der Waals surface area (Å²) in [4.78, 5) is 4.32. The van der Waals surface area contributed by atoms with Crippen LogP contribution in [0.4, 0.5) is 5.82 Å². The van der Waals surface area contributed by atoms with Gasteiger partial charge in [-0.2, -0.15) is 0 Å². The highest BCUT2D eigenvalue weighted by Gasteiger charge is 2.13. The number of hydrogen-bond donors (Lipinski definition) is 1. The van der Waals surface area contributed by atoms with E-state index in [9.17, 15) is 0 Å². The van der Waals surface area contributed by atoms with Crippen molar-refractivity contribution < 1.29 is 0 Å². The molecular weight excluding hydrogens is 249 g/mol. The van der Waals surface area contributed by atoms with Crippen molar-refractivity contribution in [1.82, 2.24) is 20.0 Å². The molecule has 0 spiro atoms. The van der Waals surface area contributed by atoms with Gasteiger partial charge in [0.1, 0.15) is 17.2 Å². The highest BCUT2D eigenvalue weighted by molar-refractivity contribution is 6.37. The van der Waals surface area contributed by atoms with Crippen molar-refractivity contribution in [2.24, 2.45) is 7.05 Å². The minimum Gasteiger partial charge on any atom is -0.372 e. The lowest BCUT2D eigenvalue weighted by atomic mass is 10.3. The van der Waals surface area contributed by atoms with E-state index in [1.807, 2.05) is 0 Å². The van der Waals surface area contributed by atoms with Crippen LogP contribution >= 0.6 is 23.2 Å². The number of hydrogen-bond acceptors (Lipinski definition) is 4. The molecule has 0 fully saturated rings. The first-order valence-corrected chi connectivity index (χ1v) is 5.28. The summed E-state index contributed by atoms with van der Waals surface area (Å²) in [5.74, 6) is 0.572. The Morgan fingerprint density at radius 2 is 2.06 bits per heavy atom. The molecule has 0 bridgehead atoms. The summed E-state index contributed by atoms with van der Waals surface area (Å²) < 4.78 is 1.60. The Bertz CT molecular complexity index is 523. The van der Waals surface area contributed by atoms with E-state index in [0.29, 0.717) is 21.6 Å². The molecule has 5 nitrogen and oxygen atoms in total. The van der Waals surface area contributed by atoms with E-state index in [1.165, 1.54) is 0 Å². The summed E-state index contributed by atoms with van der Waals surface area (Å²) in [5.41, 5.74) is 1.33. The van der Waals surface area contributed by atoms with Crippen LogP contribution in [0.5, 0.6) is 0 Å². The molecule has 16 heavy (non-hydrogen) atoms. The Kier molecular flexibility index (Phi) is 2.98. The maximum atomic E-state index is 6.08. The smallest absolute Gasteiger partial charge is 0.145 e. The number of nitrogens with one attached hydrogen (secondary N) is 1. The quantitative estimate of drug-likeness (QED) is 0.897. The molecule has 1 N–H and O–H groups in total. The van der Waals surface area contributed by atoms with Gasteiger partial charge in [-0.15, -0.1) is 5.10 Å². The molecule has 2 heterocycles. The van der Waals surface area contributed by atoms with E-state index < -0.39 is 0 Å². The Balaban J connectivity index is 2.61. The average molecular weight is 258 g/mol. The minimum atomic E-state index is 0.467. The van der Waals surface area contributed by atoms with E-state index in [1.54, 1.807) is 31.0 Å². The van der Waals surface area contributed by atoms with Crippen LogP contribution in [0.2, 0.25) is 10.0 Å². The molecule has 2 rings (SSSR count). The molecule has 2 aromatic rings. The summed E-state index contributed by atoms with van der Waals surface area (Å²) in [7, 11) is 3.52. The summed E-state index contributed by atoms with van der Waals surface area (Å²) in [5, 5.41) is 11.4. The Morgan fingerprint density at radius 1 is 1.31 bits per heavy atom. The molecule has 0 aliphatic carbocycles. The average Bonchev–Trinajstić information content (AvgIpc) is 2.65. The Labute approximate surface area is 102 Å². The summed E-state index contributed by atoms with van der Waals surface area (Å²) >= 11 is 12.0. The number of halogens is 2. The van der Waals surface area contributed by atoms with Crippen molar-refractivity contribution in [3.63, 3.8) is 0 Å². The van der Waals surface area contributed by atoms with E-state index in [-0.39, 0.29) is 0 Å². The predicted molar refractivity (Wildman–Crippen MR) is 63.8 cm³/mol. The van der Waals surface area contributed by atoms with Crippen molar-refractivity contribution in [3.05, 3.63) is 22.3 Å². The SMILES string of the molecule is CNc1nc(-c2cnnn2C)c(Cl)cc1Cl. The van der Waals surface area contributed by atoms with Crippen molar-refractivity contribution in [3.8, 4) is 11.4 Å². The van der Waals surface area contributed by atoms with Crippen LogP contribution in [0.1, 0.15) is 0 Å². The van der Waals surface area contributed by atoms with Gasteiger partial charge in [0, 0.05) is 14.1 Å². The molecule has 0 unspecified atom stereocenters.